The smallest absolute Gasteiger partial charge is 0.279 e. The Labute approximate surface area is 94.9 Å². The molecule has 16 heavy (non-hydrogen) atoms. The zero-order valence-electron chi connectivity index (χ0n) is 9.13. The van der Waals surface area contributed by atoms with E-state index in [1.165, 1.54) is 11.4 Å². The molecule has 1 aliphatic rings. The van der Waals surface area contributed by atoms with Crippen molar-refractivity contribution in [1.29, 1.82) is 0 Å². The predicted molar refractivity (Wildman–Crippen MR) is 59.4 cm³/mol. The molecule has 0 saturated carbocycles. The van der Waals surface area contributed by atoms with E-state index in [2.05, 4.69) is 9.88 Å². The van der Waals surface area contributed by atoms with Gasteiger partial charge in [-0.25, -0.2) is 4.72 Å². The molecule has 4 N–H and O–H groups in total. The van der Waals surface area contributed by atoms with Crippen molar-refractivity contribution in [1.82, 2.24) is 13.9 Å². The summed E-state index contributed by atoms with van der Waals surface area (Å²) < 4.78 is 26.5. The number of hydrogen-bond donors (Lipinski definition) is 3. The Morgan fingerprint density at radius 2 is 2.00 bits per heavy atom. The van der Waals surface area contributed by atoms with Crippen LogP contribution in [0.2, 0.25) is 0 Å². The van der Waals surface area contributed by atoms with Crippen LogP contribution in [0.1, 0.15) is 0 Å². The minimum atomic E-state index is -3.33. The van der Waals surface area contributed by atoms with Gasteiger partial charge in [0, 0.05) is 33.2 Å². The fourth-order valence-corrected chi connectivity index (χ4v) is 2.42. The van der Waals surface area contributed by atoms with Gasteiger partial charge in [0.2, 0.25) is 0 Å². The highest BCUT2D eigenvalue weighted by Gasteiger charge is 2.25. The first-order valence-electron chi connectivity index (χ1n) is 4.87. The topological polar surface area (TPSA) is 111 Å². The van der Waals surface area contributed by atoms with Crippen molar-refractivity contribution in [3.05, 3.63) is 0 Å². The quantitative estimate of drug-likeness (QED) is 0.227. The Kier molecular flexibility index (Phi) is 4.47. The van der Waals surface area contributed by atoms with Crippen molar-refractivity contribution in [3.8, 4) is 0 Å². The van der Waals surface area contributed by atoms with E-state index < -0.39 is 10.2 Å². The summed E-state index contributed by atoms with van der Waals surface area (Å²) in [6.07, 6.45) is 0. The van der Waals surface area contributed by atoms with Crippen LogP contribution in [0.4, 0.5) is 0 Å². The lowest BCUT2D eigenvalue weighted by Crippen LogP contribution is -2.52. The second-order valence-corrected chi connectivity index (χ2v) is 5.35. The van der Waals surface area contributed by atoms with Gasteiger partial charge in [-0.1, -0.05) is 5.16 Å². The van der Waals surface area contributed by atoms with Gasteiger partial charge >= 0.3 is 0 Å². The van der Waals surface area contributed by atoms with Crippen molar-refractivity contribution >= 4 is 16.0 Å². The molecule has 0 aromatic carbocycles. The fraction of sp³-hybridized carbons (Fsp3) is 0.857. The molecule has 0 aliphatic carbocycles. The van der Waals surface area contributed by atoms with Crippen LogP contribution in [-0.2, 0) is 10.2 Å². The van der Waals surface area contributed by atoms with Gasteiger partial charge in [-0.3, -0.25) is 4.90 Å². The fourth-order valence-electron chi connectivity index (χ4n) is 1.52. The van der Waals surface area contributed by atoms with Gasteiger partial charge in [-0.2, -0.15) is 12.7 Å². The lowest BCUT2D eigenvalue weighted by molar-refractivity contribution is 0.205. The van der Waals surface area contributed by atoms with Gasteiger partial charge in [0.1, 0.15) is 0 Å². The Morgan fingerprint density at radius 3 is 2.44 bits per heavy atom. The first-order chi connectivity index (χ1) is 7.49. The molecule has 9 heteroatoms. The summed E-state index contributed by atoms with van der Waals surface area (Å²) in [5, 5.41) is 11.3. The number of nitrogens with two attached hydrogens (primary N) is 1. The van der Waals surface area contributed by atoms with Gasteiger partial charge in [0.25, 0.3) is 10.2 Å². The second kappa shape index (κ2) is 5.43. The molecule has 1 aliphatic heterocycles. The third-order valence-corrected chi connectivity index (χ3v) is 4.00. The minimum absolute atomic E-state index is 0.130. The second-order valence-electron chi connectivity index (χ2n) is 3.48. The molecule has 1 heterocycles. The summed E-state index contributed by atoms with van der Waals surface area (Å²) in [6.45, 7) is 2.29. The standard InChI is InChI=1S/C7H17N5O3S/c1-9-16(14,15)12-4-2-11(3-5-12)6-7(8)10-13/h9,13H,2-6H2,1H3,(H2,8,10). The van der Waals surface area contributed by atoms with Crippen molar-refractivity contribution in [2.45, 2.75) is 0 Å². The number of nitrogens with zero attached hydrogens (tertiary/aromatic N) is 3. The lowest BCUT2D eigenvalue weighted by Gasteiger charge is -2.33. The highest BCUT2D eigenvalue weighted by molar-refractivity contribution is 7.87. The SMILES string of the molecule is CNS(=O)(=O)N1CCN(CC(N)=NO)CC1. The Morgan fingerprint density at radius 1 is 1.44 bits per heavy atom. The maximum atomic E-state index is 11.4. The molecule has 0 amide bonds. The van der Waals surface area contributed by atoms with Crippen LogP contribution >= 0.6 is 0 Å². The zero-order chi connectivity index (χ0) is 12.2. The first kappa shape index (κ1) is 13.2. The van der Waals surface area contributed by atoms with Crippen LogP contribution in [0.3, 0.4) is 0 Å². The first-order valence-corrected chi connectivity index (χ1v) is 6.31. The molecule has 0 unspecified atom stereocenters. The summed E-state index contributed by atoms with van der Waals surface area (Å²) in [7, 11) is -1.95. The van der Waals surface area contributed by atoms with Crippen LogP contribution in [0.5, 0.6) is 0 Å². The van der Waals surface area contributed by atoms with Crippen LogP contribution in [0.25, 0.3) is 0 Å². The van der Waals surface area contributed by atoms with Crippen molar-refractivity contribution in [2.75, 3.05) is 39.8 Å². The van der Waals surface area contributed by atoms with Gasteiger partial charge in [0.15, 0.2) is 5.84 Å². The molecule has 0 bridgehead atoms. The molecule has 94 valence electrons. The molecule has 0 atom stereocenters. The summed E-state index contributed by atoms with van der Waals surface area (Å²) in [5.74, 6) is 0.130. The third-order valence-electron chi connectivity index (χ3n) is 2.44. The van der Waals surface area contributed by atoms with Gasteiger partial charge < -0.3 is 10.9 Å². The van der Waals surface area contributed by atoms with E-state index in [4.69, 9.17) is 10.9 Å². The number of piperazine rings is 1. The molecule has 8 nitrogen and oxygen atoms in total. The summed E-state index contributed by atoms with van der Waals surface area (Å²) >= 11 is 0. The molecule has 0 aromatic heterocycles. The van der Waals surface area contributed by atoms with E-state index >= 15 is 0 Å². The molecular weight excluding hydrogens is 234 g/mol. The van der Waals surface area contributed by atoms with Crippen LogP contribution in [-0.4, -0.2) is 68.4 Å². The Hall–Kier alpha value is -0.900. The van der Waals surface area contributed by atoms with E-state index in [1.807, 2.05) is 4.90 Å². The number of oxime groups is 1. The number of rotatable bonds is 4. The lowest BCUT2D eigenvalue weighted by atomic mass is 10.3. The van der Waals surface area contributed by atoms with Gasteiger partial charge in [0.05, 0.1) is 6.54 Å². The molecule has 0 spiro atoms. The summed E-state index contributed by atoms with van der Waals surface area (Å²) in [5.41, 5.74) is 5.36. The third kappa shape index (κ3) is 3.30. The monoisotopic (exact) mass is 251 g/mol. The van der Waals surface area contributed by atoms with Gasteiger partial charge in [-0.05, 0) is 0 Å². The zero-order valence-corrected chi connectivity index (χ0v) is 9.94. The minimum Gasteiger partial charge on any atom is -0.409 e. The number of hydrogen-bond acceptors (Lipinski definition) is 5. The van der Waals surface area contributed by atoms with Crippen molar-refractivity contribution < 1.29 is 13.6 Å². The summed E-state index contributed by atoms with van der Waals surface area (Å²) in [6, 6.07) is 0. The largest absolute Gasteiger partial charge is 0.409 e. The molecular formula is C7H17N5O3S. The molecule has 1 saturated heterocycles. The van der Waals surface area contributed by atoms with E-state index in [0.717, 1.165) is 0 Å². The molecule has 1 rings (SSSR count). The van der Waals surface area contributed by atoms with E-state index in [9.17, 15) is 8.42 Å². The van der Waals surface area contributed by atoms with Crippen LogP contribution in [0, 0.1) is 0 Å². The van der Waals surface area contributed by atoms with E-state index in [1.54, 1.807) is 0 Å². The average molecular weight is 251 g/mol. The molecule has 0 radical (unpaired) electrons. The normalized spacial score (nSPS) is 21.2. The molecule has 0 aromatic rings. The van der Waals surface area contributed by atoms with Crippen molar-refractivity contribution in [3.63, 3.8) is 0 Å². The maximum absolute atomic E-state index is 11.4. The Bertz CT molecular complexity index is 347. The maximum Gasteiger partial charge on any atom is 0.279 e. The van der Waals surface area contributed by atoms with E-state index in [0.29, 0.717) is 32.7 Å². The average Bonchev–Trinajstić information content (AvgIpc) is 2.29. The van der Waals surface area contributed by atoms with Crippen LogP contribution < -0.4 is 10.5 Å². The highest BCUT2D eigenvalue weighted by atomic mass is 32.2. The van der Waals surface area contributed by atoms with E-state index in [-0.39, 0.29) is 5.84 Å². The predicted octanol–water partition coefficient (Wildman–Crippen LogP) is -2.19. The highest BCUT2D eigenvalue weighted by Crippen LogP contribution is 2.05. The van der Waals surface area contributed by atoms with Crippen LogP contribution in [0.15, 0.2) is 5.16 Å². The van der Waals surface area contributed by atoms with Crippen molar-refractivity contribution in [2.24, 2.45) is 10.9 Å². The molecule has 1 fully saturated rings. The summed E-state index contributed by atoms with van der Waals surface area (Å²) in [4.78, 5) is 1.93. The number of amidine groups is 1. The Balaban J connectivity index is 2.46. The number of nitrogens with one attached hydrogen (secondary N) is 1. The van der Waals surface area contributed by atoms with Gasteiger partial charge in [-0.15, -0.1) is 0 Å².